The fraction of sp³-hybridized carbons (Fsp3) is 0.600. The standard InChI is InChI=1S/C10H15N/c1-2-8-7-11-10-6-4-3-5-9(8)10/h4,6-7,9-11H,2-3,5H2,1H3. The van der Waals surface area contributed by atoms with E-state index in [0.29, 0.717) is 6.04 Å². The van der Waals surface area contributed by atoms with Gasteiger partial charge in [-0.3, -0.25) is 0 Å². The summed E-state index contributed by atoms with van der Waals surface area (Å²) in [6.07, 6.45) is 10.6. The fourth-order valence-corrected chi connectivity index (χ4v) is 2.09. The Balaban J connectivity index is 2.14. The van der Waals surface area contributed by atoms with Gasteiger partial charge in [-0.1, -0.05) is 19.1 Å². The van der Waals surface area contributed by atoms with Crippen molar-refractivity contribution in [2.24, 2.45) is 5.92 Å². The molecular weight excluding hydrogens is 134 g/mol. The number of fused-ring (bicyclic) bond motifs is 1. The van der Waals surface area contributed by atoms with Crippen LogP contribution in [-0.4, -0.2) is 6.04 Å². The van der Waals surface area contributed by atoms with E-state index in [0.717, 1.165) is 5.92 Å². The molecule has 2 unspecified atom stereocenters. The van der Waals surface area contributed by atoms with E-state index in [1.54, 1.807) is 5.57 Å². The predicted octanol–water partition coefficient (Wildman–Crippen LogP) is 2.22. The zero-order valence-corrected chi connectivity index (χ0v) is 7.01. The molecule has 1 nitrogen and oxygen atoms in total. The van der Waals surface area contributed by atoms with Crippen LogP contribution < -0.4 is 5.32 Å². The predicted molar refractivity (Wildman–Crippen MR) is 47.2 cm³/mol. The normalized spacial score (nSPS) is 34.5. The highest BCUT2D eigenvalue weighted by atomic mass is 14.9. The van der Waals surface area contributed by atoms with Gasteiger partial charge in [0.25, 0.3) is 0 Å². The average Bonchev–Trinajstić information content (AvgIpc) is 2.47. The van der Waals surface area contributed by atoms with Gasteiger partial charge in [0.05, 0.1) is 6.04 Å². The molecule has 1 N–H and O–H groups in total. The lowest BCUT2D eigenvalue weighted by atomic mass is 9.85. The van der Waals surface area contributed by atoms with Crippen LogP contribution in [0.4, 0.5) is 0 Å². The maximum atomic E-state index is 3.41. The minimum atomic E-state index is 0.624. The zero-order valence-electron chi connectivity index (χ0n) is 7.01. The molecule has 60 valence electrons. The van der Waals surface area contributed by atoms with E-state index >= 15 is 0 Å². The largest absolute Gasteiger partial charge is 0.384 e. The molecule has 1 heterocycles. The summed E-state index contributed by atoms with van der Waals surface area (Å²) in [7, 11) is 0. The van der Waals surface area contributed by atoms with Crippen molar-refractivity contribution in [1.29, 1.82) is 0 Å². The van der Waals surface area contributed by atoms with E-state index in [9.17, 15) is 0 Å². The third-order valence-electron chi connectivity index (χ3n) is 2.77. The molecule has 0 aromatic rings. The summed E-state index contributed by atoms with van der Waals surface area (Å²) in [6.45, 7) is 2.24. The Morgan fingerprint density at radius 3 is 3.36 bits per heavy atom. The average molecular weight is 149 g/mol. The molecule has 0 radical (unpaired) electrons. The van der Waals surface area contributed by atoms with Crippen molar-refractivity contribution in [3.63, 3.8) is 0 Å². The molecule has 1 aliphatic heterocycles. The van der Waals surface area contributed by atoms with Gasteiger partial charge >= 0.3 is 0 Å². The summed E-state index contributed by atoms with van der Waals surface area (Å²) in [4.78, 5) is 0. The molecule has 0 bridgehead atoms. The van der Waals surface area contributed by atoms with Crippen molar-refractivity contribution in [3.05, 3.63) is 23.9 Å². The number of nitrogens with one attached hydrogen (secondary N) is 1. The number of allylic oxidation sites excluding steroid dienone is 1. The molecular formula is C10H15N. The molecule has 2 rings (SSSR count). The van der Waals surface area contributed by atoms with Gasteiger partial charge in [-0.15, -0.1) is 0 Å². The molecule has 2 atom stereocenters. The molecule has 0 amide bonds. The third-order valence-corrected chi connectivity index (χ3v) is 2.77. The van der Waals surface area contributed by atoms with Crippen molar-refractivity contribution in [2.75, 3.05) is 0 Å². The highest BCUT2D eigenvalue weighted by Crippen LogP contribution is 2.31. The molecule has 0 aromatic heterocycles. The van der Waals surface area contributed by atoms with Crippen LogP contribution >= 0.6 is 0 Å². The summed E-state index contributed by atoms with van der Waals surface area (Å²) in [5.74, 6) is 0.810. The molecule has 0 spiro atoms. The van der Waals surface area contributed by atoms with Gasteiger partial charge < -0.3 is 5.32 Å². The fourth-order valence-electron chi connectivity index (χ4n) is 2.09. The summed E-state index contributed by atoms with van der Waals surface area (Å²) in [6, 6.07) is 0.624. The lowest BCUT2D eigenvalue weighted by molar-refractivity contribution is 0.480. The van der Waals surface area contributed by atoms with Crippen LogP contribution in [0, 0.1) is 5.92 Å². The summed E-state index contributed by atoms with van der Waals surface area (Å²) in [5, 5.41) is 3.41. The first-order valence-electron chi connectivity index (χ1n) is 4.53. The van der Waals surface area contributed by atoms with Crippen LogP contribution in [0.3, 0.4) is 0 Å². The zero-order chi connectivity index (χ0) is 7.68. The van der Waals surface area contributed by atoms with Gasteiger partial charge in [-0.25, -0.2) is 0 Å². The van der Waals surface area contributed by atoms with Crippen molar-refractivity contribution < 1.29 is 0 Å². The summed E-state index contributed by atoms with van der Waals surface area (Å²) >= 11 is 0. The lowest BCUT2D eigenvalue weighted by Crippen LogP contribution is -2.27. The Morgan fingerprint density at radius 1 is 1.64 bits per heavy atom. The monoisotopic (exact) mass is 149 g/mol. The van der Waals surface area contributed by atoms with E-state index in [-0.39, 0.29) is 0 Å². The Morgan fingerprint density at radius 2 is 2.55 bits per heavy atom. The second kappa shape index (κ2) is 2.72. The van der Waals surface area contributed by atoms with Crippen LogP contribution in [0.5, 0.6) is 0 Å². The minimum absolute atomic E-state index is 0.624. The van der Waals surface area contributed by atoms with E-state index in [1.165, 1.54) is 19.3 Å². The van der Waals surface area contributed by atoms with Crippen molar-refractivity contribution in [3.8, 4) is 0 Å². The van der Waals surface area contributed by atoms with Crippen molar-refractivity contribution >= 4 is 0 Å². The van der Waals surface area contributed by atoms with Crippen LogP contribution in [0.25, 0.3) is 0 Å². The summed E-state index contributed by atoms with van der Waals surface area (Å²) < 4.78 is 0. The topological polar surface area (TPSA) is 12.0 Å². The molecule has 0 aromatic carbocycles. The first kappa shape index (κ1) is 6.96. The van der Waals surface area contributed by atoms with Gasteiger partial charge in [-0.2, -0.15) is 0 Å². The highest BCUT2D eigenvalue weighted by molar-refractivity contribution is 5.22. The molecule has 1 aliphatic carbocycles. The second-order valence-electron chi connectivity index (χ2n) is 3.38. The van der Waals surface area contributed by atoms with Gasteiger partial charge in [-0.05, 0) is 31.0 Å². The highest BCUT2D eigenvalue weighted by Gasteiger charge is 2.27. The molecule has 11 heavy (non-hydrogen) atoms. The Labute approximate surface area is 68.2 Å². The lowest BCUT2D eigenvalue weighted by Gasteiger charge is -2.22. The van der Waals surface area contributed by atoms with Crippen LogP contribution in [0.2, 0.25) is 0 Å². The Hall–Kier alpha value is -0.720. The van der Waals surface area contributed by atoms with E-state index in [1.807, 2.05) is 0 Å². The second-order valence-corrected chi connectivity index (χ2v) is 3.38. The van der Waals surface area contributed by atoms with Gasteiger partial charge in [0, 0.05) is 5.92 Å². The molecule has 2 aliphatic rings. The third kappa shape index (κ3) is 1.09. The van der Waals surface area contributed by atoms with E-state index < -0.39 is 0 Å². The van der Waals surface area contributed by atoms with Gasteiger partial charge in [0.2, 0.25) is 0 Å². The maximum absolute atomic E-state index is 3.41. The van der Waals surface area contributed by atoms with Crippen LogP contribution in [0.15, 0.2) is 23.9 Å². The van der Waals surface area contributed by atoms with E-state index in [4.69, 9.17) is 0 Å². The Kier molecular flexibility index (Phi) is 1.72. The maximum Gasteiger partial charge on any atom is 0.0505 e. The number of hydrogen-bond donors (Lipinski definition) is 1. The molecule has 0 fully saturated rings. The quantitative estimate of drug-likeness (QED) is 0.564. The molecule has 1 heteroatoms. The molecule has 0 saturated carbocycles. The van der Waals surface area contributed by atoms with Crippen LogP contribution in [0.1, 0.15) is 26.2 Å². The number of hydrogen-bond acceptors (Lipinski definition) is 1. The smallest absolute Gasteiger partial charge is 0.0505 e. The summed E-state index contributed by atoms with van der Waals surface area (Å²) in [5.41, 5.74) is 1.61. The van der Waals surface area contributed by atoms with Gasteiger partial charge in [0.1, 0.15) is 0 Å². The van der Waals surface area contributed by atoms with Gasteiger partial charge in [0.15, 0.2) is 0 Å². The van der Waals surface area contributed by atoms with Crippen molar-refractivity contribution in [2.45, 2.75) is 32.2 Å². The first-order valence-corrected chi connectivity index (χ1v) is 4.53. The number of rotatable bonds is 1. The van der Waals surface area contributed by atoms with E-state index in [2.05, 4.69) is 30.6 Å². The SMILES string of the molecule is CCC1=CNC2C=CCCC12. The van der Waals surface area contributed by atoms with Crippen LogP contribution in [-0.2, 0) is 0 Å². The van der Waals surface area contributed by atoms with Crippen molar-refractivity contribution in [1.82, 2.24) is 5.32 Å². The first-order chi connectivity index (χ1) is 5.42. The Bertz CT molecular complexity index is 203. The minimum Gasteiger partial charge on any atom is -0.384 e. The molecule has 0 saturated heterocycles.